The van der Waals surface area contributed by atoms with Gasteiger partial charge in [-0.05, 0) is 42.8 Å². The van der Waals surface area contributed by atoms with Gasteiger partial charge >= 0.3 is 0 Å². The summed E-state index contributed by atoms with van der Waals surface area (Å²) in [5.41, 5.74) is 3.70. The molecule has 0 fully saturated rings. The zero-order valence-corrected chi connectivity index (χ0v) is 14.0. The van der Waals surface area contributed by atoms with Crippen LogP contribution in [0.5, 0.6) is 0 Å². The van der Waals surface area contributed by atoms with Crippen molar-refractivity contribution in [2.45, 2.75) is 19.5 Å². The number of carbonyl (C=O) groups excluding carboxylic acids is 1. The molecule has 1 aliphatic rings. The van der Waals surface area contributed by atoms with Crippen LogP contribution in [0.15, 0.2) is 66.9 Å². The Morgan fingerprint density at radius 3 is 2.68 bits per heavy atom. The van der Waals surface area contributed by atoms with Gasteiger partial charge in [0, 0.05) is 30.5 Å². The van der Waals surface area contributed by atoms with Crippen molar-refractivity contribution in [1.82, 2.24) is 9.47 Å². The Hall–Kier alpha value is -2.88. The third-order valence-electron chi connectivity index (χ3n) is 4.73. The van der Waals surface area contributed by atoms with Gasteiger partial charge in [-0.15, -0.1) is 0 Å². The maximum Gasteiger partial charge on any atom is 0.254 e. The molecule has 0 spiro atoms. The molecule has 0 unspecified atom stereocenters. The van der Waals surface area contributed by atoms with Crippen molar-refractivity contribution in [3.63, 3.8) is 0 Å². The molecule has 0 saturated carbocycles. The highest BCUT2D eigenvalue weighted by atomic mass is 19.1. The molecule has 1 aliphatic heterocycles. The summed E-state index contributed by atoms with van der Waals surface area (Å²) in [6, 6.07) is 18.0. The number of fused-ring (bicyclic) bond motifs is 1. The number of amides is 1. The standard InChI is InChI=1S/C21H19FN2O/c1-15-5-2-6-16(13-15)20-19-9-4-10-23(19)11-12-24(20)21(25)17-7-3-8-18(22)14-17/h2-10,13-14,20H,11-12H2,1H3/t20-/m1/s1. The molecule has 4 heteroatoms. The molecule has 1 atom stereocenters. The van der Waals surface area contributed by atoms with Gasteiger partial charge in [0.25, 0.3) is 5.91 Å². The number of aryl methyl sites for hydroxylation is 1. The Morgan fingerprint density at radius 2 is 1.88 bits per heavy atom. The summed E-state index contributed by atoms with van der Waals surface area (Å²) in [7, 11) is 0. The topological polar surface area (TPSA) is 25.2 Å². The van der Waals surface area contributed by atoms with Gasteiger partial charge in [-0.25, -0.2) is 4.39 Å². The zero-order valence-electron chi connectivity index (χ0n) is 14.0. The molecular weight excluding hydrogens is 315 g/mol. The van der Waals surface area contributed by atoms with Crippen molar-refractivity contribution in [3.05, 3.63) is 95.1 Å². The quantitative estimate of drug-likeness (QED) is 0.690. The van der Waals surface area contributed by atoms with Crippen LogP contribution in [0, 0.1) is 12.7 Å². The lowest BCUT2D eigenvalue weighted by atomic mass is 9.97. The van der Waals surface area contributed by atoms with E-state index >= 15 is 0 Å². The first-order valence-corrected chi connectivity index (χ1v) is 8.41. The van der Waals surface area contributed by atoms with Gasteiger partial charge in [0.15, 0.2) is 0 Å². The highest BCUT2D eigenvalue weighted by molar-refractivity contribution is 5.94. The number of nitrogens with zero attached hydrogens (tertiary/aromatic N) is 2. The number of carbonyl (C=O) groups is 1. The number of rotatable bonds is 2. The highest BCUT2D eigenvalue weighted by Crippen LogP contribution is 2.33. The Bertz CT molecular complexity index is 931. The lowest BCUT2D eigenvalue weighted by Gasteiger charge is -2.37. The van der Waals surface area contributed by atoms with Crippen LogP contribution in [-0.4, -0.2) is 21.9 Å². The smallest absolute Gasteiger partial charge is 0.254 e. The molecule has 3 nitrogen and oxygen atoms in total. The summed E-state index contributed by atoms with van der Waals surface area (Å²) >= 11 is 0. The number of benzene rings is 2. The number of hydrogen-bond donors (Lipinski definition) is 0. The fourth-order valence-electron chi connectivity index (χ4n) is 3.58. The van der Waals surface area contributed by atoms with Crippen molar-refractivity contribution >= 4 is 5.91 Å². The van der Waals surface area contributed by atoms with E-state index < -0.39 is 5.82 Å². The predicted octanol–water partition coefficient (Wildman–Crippen LogP) is 4.18. The molecule has 0 aliphatic carbocycles. The lowest BCUT2D eigenvalue weighted by molar-refractivity contribution is 0.0663. The minimum atomic E-state index is -0.390. The second kappa shape index (κ2) is 6.20. The Balaban J connectivity index is 1.79. The molecule has 25 heavy (non-hydrogen) atoms. The molecule has 0 bridgehead atoms. The van der Waals surface area contributed by atoms with Crippen molar-refractivity contribution in [3.8, 4) is 0 Å². The van der Waals surface area contributed by atoms with Crippen LogP contribution < -0.4 is 0 Å². The van der Waals surface area contributed by atoms with Crippen molar-refractivity contribution in [2.24, 2.45) is 0 Å². The van der Waals surface area contributed by atoms with Crippen LogP contribution in [0.4, 0.5) is 4.39 Å². The van der Waals surface area contributed by atoms with E-state index in [1.54, 1.807) is 12.1 Å². The first kappa shape index (κ1) is 15.6. The van der Waals surface area contributed by atoms with Crippen molar-refractivity contribution in [2.75, 3.05) is 6.54 Å². The summed E-state index contributed by atoms with van der Waals surface area (Å²) in [6.45, 7) is 3.38. The SMILES string of the molecule is Cc1cccc([C@@H]2c3cccn3CCN2C(=O)c2cccc(F)c2)c1. The van der Waals surface area contributed by atoms with Crippen LogP contribution in [0.25, 0.3) is 0 Å². The summed E-state index contributed by atoms with van der Waals surface area (Å²) < 4.78 is 15.8. The van der Waals surface area contributed by atoms with Gasteiger partial charge < -0.3 is 9.47 Å². The van der Waals surface area contributed by atoms with Crippen LogP contribution in [0.1, 0.15) is 33.2 Å². The van der Waals surface area contributed by atoms with Gasteiger partial charge in [-0.3, -0.25) is 4.79 Å². The number of aromatic nitrogens is 1. The normalized spacial score (nSPS) is 16.6. The van der Waals surface area contributed by atoms with E-state index in [0.717, 1.165) is 23.4 Å². The Morgan fingerprint density at radius 1 is 1.04 bits per heavy atom. The fraction of sp³-hybridized carbons (Fsp3) is 0.190. The molecular formula is C21H19FN2O. The van der Waals surface area contributed by atoms with E-state index in [1.807, 2.05) is 42.3 Å². The molecule has 3 aromatic rings. The minimum Gasteiger partial charge on any atom is -0.348 e. The highest BCUT2D eigenvalue weighted by Gasteiger charge is 2.32. The molecule has 0 saturated heterocycles. The predicted molar refractivity (Wildman–Crippen MR) is 94.9 cm³/mol. The Kier molecular flexibility index (Phi) is 3.88. The third-order valence-corrected chi connectivity index (χ3v) is 4.73. The molecule has 0 N–H and O–H groups in total. The molecule has 4 rings (SSSR count). The molecule has 1 amide bonds. The second-order valence-electron chi connectivity index (χ2n) is 6.45. The van der Waals surface area contributed by atoms with Crippen LogP contribution in [0.2, 0.25) is 0 Å². The van der Waals surface area contributed by atoms with E-state index in [0.29, 0.717) is 12.1 Å². The van der Waals surface area contributed by atoms with E-state index in [9.17, 15) is 9.18 Å². The third kappa shape index (κ3) is 2.84. The first-order valence-electron chi connectivity index (χ1n) is 8.41. The fourth-order valence-corrected chi connectivity index (χ4v) is 3.58. The average Bonchev–Trinajstić information content (AvgIpc) is 3.09. The monoisotopic (exact) mass is 334 g/mol. The number of halogens is 1. The van der Waals surface area contributed by atoms with Gasteiger partial charge in [0.2, 0.25) is 0 Å². The molecule has 126 valence electrons. The van der Waals surface area contributed by atoms with E-state index in [4.69, 9.17) is 0 Å². The van der Waals surface area contributed by atoms with Crippen LogP contribution in [-0.2, 0) is 6.54 Å². The molecule has 2 heterocycles. The van der Waals surface area contributed by atoms with E-state index in [1.165, 1.54) is 12.1 Å². The second-order valence-corrected chi connectivity index (χ2v) is 6.45. The summed E-state index contributed by atoms with van der Waals surface area (Å²) in [4.78, 5) is 14.9. The number of hydrogen-bond acceptors (Lipinski definition) is 1. The van der Waals surface area contributed by atoms with E-state index in [2.05, 4.69) is 16.7 Å². The van der Waals surface area contributed by atoms with E-state index in [-0.39, 0.29) is 11.9 Å². The van der Waals surface area contributed by atoms with Gasteiger partial charge in [-0.2, -0.15) is 0 Å². The molecule has 1 aromatic heterocycles. The average molecular weight is 334 g/mol. The molecule has 2 aromatic carbocycles. The molecule has 0 radical (unpaired) electrons. The summed E-state index contributed by atoms with van der Waals surface area (Å²) in [6.07, 6.45) is 2.04. The van der Waals surface area contributed by atoms with Crippen LogP contribution in [0.3, 0.4) is 0 Å². The van der Waals surface area contributed by atoms with Gasteiger partial charge in [0.05, 0.1) is 6.04 Å². The maximum atomic E-state index is 13.6. The van der Waals surface area contributed by atoms with Gasteiger partial charge in [-0.1, -0.05) is 35.9 Å². The van der Waals surface area contributed by atoms with Crippen LogP contribution >= 0.6 is 0 Å². The minimum absolute atomic E-state index is 0.140. The van der Waals surface area contributed by atoms with Crippen molar-refractivity contribution < 1.29 is 9.18 Å². The zero-order chi connectivity index (χ0) is 17.4. The summed E-state index contributed by atoms with van der Waals surface area (Å²) in [5.74, 6) is -0.531. The largest absolute Gasteiger partial charge is 0.348 e. The van der Waals surface area contributed by atoms with Crippen molar-refractivity contribution in [1.29, 1.82) is 0 Å². The summed E-state index contributed by atoms with van der Waals surface area (Å²) in [5, 5.41) is 0. The first-order chi connectivity index (χ1) is 12.1. The van der Waals surface area contributed by atoms with Gasteiger partial charge in [0.1, 0.15) is 5.82 Å². The Labute approximate surface area is 146 Å². The lowest BCUT2D eigenvalue weighted by Crippen LogP contribution is -2.42. The maximum absolute atomic E-state index is 13.6.